The minimum absolute atomic E-state index is 0.186. The minimum Gasteiger partial charge on any atom is -0.467 e. The Bertz CT molecular complexity index is 664. The third-order valence-electron chi connectivity index (χ3n) is 2.84. The molecule has 0 saturated heterocycles. The zero-order chi connectivity index (χ0) is 15.2. The van der Waals surface area contributed by atoms with E-state index in [0.29, 0.717) is 5.76 Å². The number of nitrogens with zero attached hydrogens (tertiary/aromatic N) is 3. The summed E-state index contributed by atoms with van der Waals surface area (Å²) >= 11 is 5.80. The Morgan fingerprint density at radius 2 is 2.38 bits per heavy atom. The first-order valence-electron chi connectivity index (χ1n) is 6.21. The smallest absolute Gasteiger partial charge is 0.256 e. The molecule has 0 aromatic carbocycles. The number of halogens is 1. The molecule has 0 atom stereocenters. The Kier molecular flexibility index (Phi) is 4.80. The van der Waals surface area contributed by atoms with Gasteiger partial charge in [-0.3, -0.25) is 4.79 Å². The van der Waals surface area contributed by atoms with Crippen molar-refractivity contribution in [2.24, 2.45) is 0 Å². The van der Waals surface area contributed by atoms with Gasteiger partial charge in [0.15, 0.2) is 0 Å². The molecule has 6 nitrogen and oxygen atoms in total. The molecule has 21 heavy (non-hydrogen) atoms. The summed E-state index contributed by atoms with van der Waals surface area (Å²) in [6, 6.07) is 6.93. The van der Waals surface area contributed by atoms with Crippen molar-refractivity contribution in [1.29, 1.82) is 5.26 Å². The molecule has 2 N–H and O–H groups in total. The molecule has 1 amide bonds. The highest BCUT2D eigenvalue weighted by atomic mass is 35.5. The number of carbonyl (C=O) groups excluding carboxylic acids is 1. The van der Waals surface area contributed by atoms with E-state index in [4.69, 9.17) is 27.0 Å². The number of pyridine rings is 1. The maximum absolute atomic E-state index is 12.6. The summed E-state index contributed by atoms with van der Waals surface area (Å²) in [6.07, 6.45) is 3.08. The highest BCUT2D eigenvalue weighted by molar-refractivity contribution is 6.29. The molecule has 0 radical (unpaired) electrons. The Labute approximate surface area is 126 Å². The molecule has 0 fully saturated rings. The van der Waals surface area contributed by atoms with E-state index >= 15 is 0 Å². The Balaban J connectivity index is 2.24. The number of hydrogen-bond acceptors (Lipinski definition) is 5. The molecule has 0 spiro atoms. The van der Waals surface area contributed by atoms with Gasteiger partial charge in [0, 0.05) is 6.54 Å². The van der Waals surface area contributed by atoms with E-state index in [0.717, 1.165) is 0 Å². The van der Waals surface area contributed by atoms with E-state index in [1.807, 2.05) is 6.07 Å². The van der Waals surface area contributed by atoms with Gasteiger partial charge in [0.1, 0.15) is 10.9 Å². The lowest BCUT2D eigenvalue weighted by molar-refractivity contribution is 0.0736. The first-order valence-corrected chi connectivity index (χ1v) is 6.59. The van der Waals surface area contributed by atoms with Crippen LogP contribution in [-0.2, 0) is 6.54 Å². The summed E-state index contributed by atoms with van der Waals surface area (Å²) in [4.78, 5) is 17.9. The van der Waals surface area contributed by atoms with E-state index in [2.05, 4.69) is 4.98 Å². The number of nitrogen functional groups attached to an aromatic ring is 1. The van der Waals surface area contributed by atoms with Crippen molar-refractivity contribution in [1.82, 2.24) is 9.88 Å². The van der Waals surface area contributed by atoms with Crippen LogP contribution in [0.15, 0.2) is 35.1 Å². The third-order valence-corrected chi connectivity index (χ3v) is 3.05. The summed E-state index contributed by atoms with van der Waals surface area (Å²) in [5, 5.41) is 8.91. The van der Waals surface area contributed by atoms with Crippen molar-refractivity contribution in [2.45, 2.75) is 13.0 Å². The van der Waals surface area contributed by atoms with Gasteiger partial charge in [-0.15, -0.1) is 0 Å². The number of carbonyl (C=O) groups is 1. The maximum atomic E-state index is 12.6. The number of hydrogen-bond donors (Lipinski definition) is 1. The van der Waals surface area contributed by atoms with Gasteiger partial charge in [0.25, 0.3) is 5.91 Å². The van der Waals surface area contributed by atoms with E-state index in [9.17, 15) is 4.79 Å². The highest BCUT2D eigenvalue weighted by Crippen LogP contribution is 2.19. The first-order chi connectivity index (χ1) is 10.1. The molecule has 0 bridgehead atoms. The van der Waals surface area contributed by atoms with E-state index in [-0.39, 0.29) is 41.8 Å². The van der Waals surface area contributed by atoms with Gasteiger partial charge in [-0.05, 0) is 18.2 Å². The molecule has 2 rings (SSSR count). The van der Waals surface area contributed by atoms with Gasteiger partial charge in [0.2, 0.25) is 0 Å². The molecule has 2 aromatic rings. The van der Waals surface area contributed by atoms with Crippen LogP contribution in [0.4, 0.5) is 5.69 Å². The van der Waals surface area contributed by atoms with Crippen LogP contribution in [0.25, 0.3) is 0 Å². The number of aromatic nitrogens is 1. The molecule has 2 heterocycles. The number of rotatable bonds is 5. The topological polar surface area (TPSA) is 96.1 Å². The average molecular weight is 305 g/mol. The van der Waals surface area contributed by atoms with Gasteiger partial charge in [-0.1, -0.05) is 11.6 Å². The van der Waals surface area contributed by atoms with Crippen molar-refractivity contribution in [3.63, 3.8) is 0 Å². The first kappa shape index (κ1) is 14.9. The normalized spacial score (nSPS) is 10.1. The van der Waals surface area contributed by atoms with E-state index in [1.54, 1.807) is 12.1 Å². The number of anilines is 1. The Hall–Kier alpha value is -2.52. The van der Waals surface area contributed by atoms with Gasteiger partial charge in [0.05, 0.1) is 42.7 Å². The van der Waals surface area contributed by atoms with Gasteiger partial charge < -0.3 is 15.1 Å². The van der Waals surface area contributed by atoms with Crippen LogP contribution in [0.1, 0.15) is 22.5 Å². The van der Waals surface area contributed by atoms with Crippen LogP contribution in [0.3, 0.4) is 0 Å². The average Bonchev–Trinajstić information content (AvgIpc) is 2.98. The summed E-state index contributed by atoms with van der Waals surface area (Å²) in [6.45, 7) is 0.530. The summed E-state index contributed by atoms with van der Waals surface area (Å²) in [7, 11) is 0. The Morgan fingerprint density at radius 1 is 1.57 bits per heavy atom. The van der Waals surface area contributed by atoms with Crippen molar-refractivity contribution in [3.8, 4) is 6.07 Å². The fourth-order valence-corrected chi connectivity index (χ4v) is 1.98. The third kappa shape index (κ3) is 3.74. The van der Waals surface area contributed by atoms with Crippen molar-refractivity contribution < 1.29 is 9.21 Å². The fourth-order valence-electron chi connectivity index (χ4n) is 1.82. The fraction of sp³-hybridized carbons (Fsp3) is 0.214. The van der Waals surface area contributed by atoms with Crippen molar-refractivity contribution >= 4 is 23.2 Å². The van der Waals surface area contributed by atoms with Gasteiger partial charge >= 0.3 is 0 Å². The van der Waals surface area contributed by atoms with E-state index in [1.165, 1.54) is 23.4 Å². The van der Waals surface area contributed by atoms with Crippen LogP contribution in [-0.4, -0.2) is 22.3 Å². The standard InChI is InChI=1S/C14H13ClN4O2/c15-13-7-11(12(17)8-18-13)14(20)19(5-2-4-16)9-10-3-1-6-21-10/h1,3,6-8H,2,5,9,17H2. The molecule has 0 aliphatic rings. The summed E-state index contributed by atoms with van der Waals surface area (Å²) in [5.41, 5.74) is 6.28. The zero-order valence-electron chi connectivity index (χ0n) is 11.1. The molecular formula is C14H13ClN4O2. The lowest BCUT2D eigenvalue weighted by atomic mass is 10.2. The van der Waals surface area contributed by atoms with Crippen LogP contribution < -0.4 is 5.73 Å². The van der Waals surface area contributed by atoms with Crippen LogP contribution >= 0.6 is 11.6 Å². The lowest BCUT2D eigenvalue weighted by Gasteiger charge is -2.21. The number of nitrogens with two attached hydrogens (primary N) is 1. The molecular weight excluding hydrogens is 292 g/mol. The minimum atomic E-state index is -0.316. The van der Waals surface area contributed by atoms with Crippen LogP contribution in [0.5, 0.6) is 0 Å². The van der Waals surface area contributed by atoms with Crippen LogP contribution in [0, 0.1) is 11.3 Å². The van der Waals surface area contributed by atoms with Crippen molar-refractivity contribution in [2.75, 3.05) is 12.3 Å². The molecule has 0 aliphatic heterocycles. The Morgan fingerprint density at radius 3 is 3.05 bits per heavy atom. The molecule has 2 aromatic heterocycles. The molecule has 0 aliphatic carbocycles. The molecule has 108 valence electrons. The van der Waals surface area contributed by atoms with Crippen LogP contribution in [0.2, 0.25) is 5.15 Å². The molecule has 0 unspecified atom stereocenters. The second-order valence-corrected chi connectivity index (χ2v) is 4.70. The lowest BCUT2D eigenvalue weighted by Crippen LogP contribution is -2.32. The summed E-state index contributed by atoms with van der Waals surface area (Å²) < 4.78 is 5.24. The highest BCUT2D eigenvalue weighted by Gasteiger charge is 2.20. The number of nitriles is 1. The monoisotopic (exact) mass is 304 g/mol. The molecule has 0 saturated carbocycles. The largest absolute Gasteiger partial charge is 0.467 e. The predicted molar refractivity (Wildman–Crippen MR) is 77.3 cm³/mol. The quantitative estimate of drug-likeness (QED) is 0.856. The van der Waals surface area contributed by atoms with Gasteiger partial charge in [-0.2, -0.15) is 5.26 Å². The molecule has 7 heteroatoms. The van der Waals surface area contributed by atoms with Gasteiger partial charge in [-0.25, -0.2) is 4.98 Å². The summed E-state index contributed by atoms with van der Waals surface area (Å²) in [5.74, 6) is 0.309. The van der Waals surface area contributed by atoms with Crippen molar-refractivity contribution in [3.05, 3.63) is 47.1 Å². The number of amides is 1. The second-order valence-electron chi connectivity index (χ2n) is 4.31. The van der Waals surface area contributed by atoms with E-state index < -0.39 is 0 Å². The number of furan rings is 1. The maximum Gasteiger partial charge on any atom is 0.256 e. The second kappa shape index (κ2) is 6.77. The predicted octanol–water partition coefficient (Wildman–Crippen LogP) is 2.47. The zero-order valence-corrected chi connectivity index (χ0v) is 11.9. The SMILES string of the molecule is N#CCCN(Cc1ccco1)C(=O)c1cc(Cl)ncc1N.